The number of aromatic nitrogens is 1. The average molecular weight is 503 g/mol. The second kappa shape index (κ2) is 10.1. The Kier molecular flexibility index (Phi) is 7.18. The third-order valence-electron chi connectivity index (χ3n) is 5.59. The van der Waals surface area contributed by atoms with Crippen LogP contribution in [-0.2, 0) is 27.4 Å². The summed E-state index contributed by atoms with van der Waals surface area (Å²) >= 11 is 1.40. The zero-order valence-electron chi connectivity index (χ0n) is 19.0. The first-order chi connectivity index (χ1) is 16.3. The van der Waals surface area contributed by atoms with E-state index in [1.54, 1.807) is 19.1 Å². The first-order valence-electron chi connectivity index (χ1n) is 11.3. The van der Waals surface area contributed by atoms with Crippen molar-refractivity contribution in [2.24, 2.45) is 0 Å². The summed E-state index contributed by atoms with van der Waals surface area (Å²) in [7, 11) is -3.32. The molecule has 0 radical (unpaired) electrons. The fourth-order valence-electron chi connectivity index (χ4n) is 3.97. The summed E-state index contributed by atoms with van der Waals surface area (Å²) in [6.07, 6.45) is 4.24. The summed E-state index contributed by atoms with van der Waals surface area (Å²) < 4.78 is 35.0. The molecule has 1 N–H and O–H groups in total. The van der Waals surface area contributed by atoms with Crippen LogP contribution in [-0.4, -0.2) is 37.8 Å². The van der Waals surface area contributed by atoms with Crippen molar-refractivity contribution >= 4 is 38.1 Å². The predicted octanol–water partition coefficient (Wildman–Crippen LogP) is 4.89. The van der Waals surface area contributed by atoms with E-state index in [2.05, 4.69) is 10.5 Å². The maximum atomic E-state index is 12.9. The van der Waals surface area contributed by atoms with Crippen molar-refractivity contribution in [1.82, 2.24) is 5.16 Å². The Labute approximate surface area is 202 Å². The molecule has 34 heavy (non-hydrogen) atoms. The van der Waals surface area contributed by atoms with E-state index in [0.29, 0.717) is 28.3 Å². The molecule has 2 heterocycles. The molecule has 1 aliphatic rings. The lowest BCUT2D eigenvalue weighted by molar-refractivity contribution is 0.0526. The lowest BCUT2D eigenvalue weighted by Gasteiger charge is -2.12. The van der Waals surface area contributed by atoms with E-state index in [4.69, 9.17) is 9.26 Å². The van der Waals surface area contributed by atoms with Gasteiger partial charge in [-0.15, -0.1) is 11.3 Å². The summed E-state index contributed by atoms with van der Waals surface area (Å²) in [4.78, 5) is 26.8. The third-order valence-corrected chi connectivity index (χ3v) is 8.73. The van der Waals surface area contributed by atoms with Crippen LogP contribution in [0.4, 0.5) is 5.00 Å². The van der Waals surface area contributed by atoms with Crippen LogP contribution >= 0.6 is 11.3 Å². The van der Waals surface area contributed by atoms with Gasteiger partial charge in [0.15, 0.2) is 21.3 Å². The van der Waals surface area contributed by atoms with Gasteiger partial charge in [0.25, 0.3) is 5.91 Å². The van der Waals surface area contributed by atoms with Gasteiger partial charge in [0.2, 0.25) is 0 Å². The molecule has 10 heteroatoms. The number of rotatable bonds is 8. The molecule has 1 aliphatic carbocycles. The second-order valence-corrected chi connectivity index (χ2v) is 11.2. The first kappa shape index (κ1) is 24.2. The van der Waals surface area contributed by atoms with E-state index in [0.717, 1.165) is 36.1 Å². The number of nitrogens with one attached hydrogen (secondary N) is 1. The van der Waals surface area contributed by atoms with Gasteiger partial charge in [-0.1, -0.05) is 12.1 Å². The van der Waals surface area contributed by atoms with Crippen molar-refractivity contribution in [3.63, 3.8) is 0 Å². The van der Waals surface area contributed by atoms with Crippen molar-refractivity contribution in [2.45, 2.75) is 50.8 Å². The van der Waals surface area contributed by atoms with Crippen molar-refractivity contribution in [1.29, 1.82) is 0 Å². The normalized spacial score (nSPS) is 13.4. The molecule has 2 aromatic heterocycles. The highest BCUT2D eigenvalue weighted by Crippen LogP contribution is 2.39. The molecule has 0 saturated heterocycles. The second-order valence-electron chi connectivity index (χ2n) is 8.01. The molecule has 0 unspecified atom stereocenters. The summed E-state index contributed by atoms with van der Waals surface area (Å²) in [6.45, 7) is 3.81. The molecule has 0 aliphatic heterocycles. The highest BCUT2D eigenvalue weighted by atomic mass is 32.2. The Morgan fingerprint density at radius 3 is 2.59 bits per heavy atom. The number of carbonyl (C=O) groups excluding carboxylic acids is 2. The largest absolute Gasteiger partial charge is 0.462 e. The number of carbonyl (C=O) groups is 2. The highest BCUT2D eigenvalue weighted by Gasteiger charge is 2.28. The Balaban J connectivity index is 1.55. The number of sulfone groups is 1. The molecular weight excluding hydrogens is 476 g/mol. The van der Waals surface area contributed by atoms with Gasteiger partial charge in [-0.3, -0.25) is 4.79 Å². The molecule has 0 spiro atoms. The topological polar surface area (TPSA) is 116 Å². The number of hydrogen-bond acceptors (Lipinski definition) is 8. The van der Waals surface area contributed by atoms with Gasteiger partial charge in [0.1, 0.15) is 5.00 Å². The SMILES string of the molecule is CCCS(=O)(=O)c1ccc(-c2cc(C(=O)Nc3sc4c(c3C(=O)OCC)CCCC4)no2)cc1. The Morgan fingerprint density at radius 1 is 1.15 bits per heavy atom. The molecule has 0 atom stereocenters. The lowest BCUT2D eigenvalue weighted by Crippen LogP contribution is -2.16. The highest BCUT2D eigenvalue weighted by molar-refractivity contribution is 7.91. The van der Waals surface area contributed by atoms with E-state index < -0.39 is 21.7 Å². The van der Waals surface area contributed by atoms with E-state index in [1.807, 2.05) is 6.92 Å². The predicted molar refractivity (Wildman–Crippen MR) is 129 cm³/mol. The fraction of sp³-hybridized carbons (Fsp3) is 0.375. The van der Waals surface area contributed by atoms with Crippen LogP contribution in [0.1, 0.15) is 64.4 Å². The zero-order chi connectivity index (χ0) is 24.3. The number of hydrogen-bond donors (Lipinski definition) is 1. The fourth-order valence-corrected chi connectivity index (χ4v) is 6.57. The Bertz CT molecular complexity index is 1310. The minimum absolute atomic E-state index is 0.0545. The molecule has 0 fully saturated rings. The molecule has 180 valence electrons. The lowest BCUT2D eigenvalue weighted by atomic mass is 9.95. The molecule has 1 amide bonds. The summed E-state index contributed by atoms with van der Waals surface area (Å²) in [6, 6.07) is 7.77. The standard InChI is InChI=1S/C24H26N2O6S2/c1-3-13-34(29,30)16-11-9-15(10-12-16)19-14-18(26-32-19)22(27)25-23-21(24(28)31-4-2)17-7-5-6-8-20(17)33-23/h9-12,14H,3-8,13H2,1-2H3,(H,25,27). The Hall–Kier alpha value is -2.98. The number of aryl methyl sites for hydroxylation is 1. The van der Waals surface area contributed by atoms with E-state index in [9.17, 15) is 18.0 Å². The number of thiophene rings is 1. The molecule has 3 aromatic rings. The zero-order valence-corrected chi connectivity index (χ0v) is 20.7. The van der Waals surface area contributed by atoms with Gasteiger partial charge in [0, 0.05) is 16.5 Å². The van der Waals surface area contributed by atoms with Crippen molar-refractivity contribution in [3.8, 4) is 11.3 Å². The smallest absolute Gasteiger partial charge is 0.341 e. The molecule has 4 rings (SSSR count). The monoisotopic (exact) mass is 502 g/mol. The summed E-state index contributed by atoms with van der Waals surface area (Å²) in [5, 5.41) is 7.14. The van der Waals surface area contributed by atoms with Gasteiger partial charge >= 0.3 is 5.97 Å². The van der Waals surface area contributed by atoms with Crippen molar-refractivity contribution < 1.29 is 27.3 Å². The maximum absolute atomic E-state index is 12.9. The number of anilines is 1. The van der Waals surface area contributed by atoms with Gasteiger partial charge in [0.05, 0.1) is 22.8 Å². The number of benzene rings is 1. The van der Waals surface area contributed by atoms with Crippen LogP contribution in [0.25, 0.3) is 11.3 Å². The number of amides is 1. The number of fused-ring (bicyclic) bond motifs is 1. The minimum atomic E-state index is -3.32. The summed E-state index contributed by atoms with van der Waals surface area (Å²) in [5.74, 6) is -0.517. The molecule has 0 saturated carbocycles. The van der Waals surface area contributed by atoms with Gasteiger partial charge in [-0.25, -0.2) is 13.2 Å². The number of ether oxygens (including phenoxy) is 1. The van der Waals surface area contributed by atoms with Crippen LogP contribution < -0.4 is 5.32 Å². The molecule has 8 nitrogen and oxygen atoms in total. The van der Waals surface area contributed by atoms with Gasteiger partial charge in [-0.05, 0) is 68.9 Å². The van der Waals surface area contributed by atoms with E-state index in [1.165, 1.54) is 29.5 Å². The molecular formula is C24H26N2O6S2. The van der Waals surface area contributed by atoms with Crippen LogP contribution in [0.2, 0.25) is 0 Å². The van der Waals surface area contributed by atoms with E-state index >= 15 is 0 Å². The quantitative estimate of drug-likeness (QED) is 0.436. The summed E-state index contributed by atoms with van der Waals surface area (Å²) in [5.41, 5.74) is 2.05. The maximum Gasteiger partial charge on any atom is 0.341 e. The Morgan fingerprint density at radius 2 is 1.88 bits per heavy atom. The third kappa shape index (κ3) is 4.92. The van der Waals surface area contributed by atoms with E-state index in [-0.39, 0.29) is 22.9 Å². The van der Waals surface area contributed by atoms with Crippen LogP contribution in [0.15, 0.2) is 39.8 Å². The minimum Gasteiger partial charge on any atom is -0.462 e. The van der Waals surface area contributed by atoms with Crippen molar-refractivity contribution in [3.05, 3.63) is 52.0 Å². The van der Waals surface area contributed by atoms with Crippen LogP contribution in [0.3, 0.4) is 0 Å². The van der Waals surface area contributed by atoms with Crippen LogP contribution in [0, 0.1) is 0 Å². The van der Waals surface area contributed by atoms with Gasteiger partial charge in [-0.2, -0.15) is 0 Å². The van der Waals surface area contributed by atoms with Crippen molar-refractivity contribution in [2.75, 3.05) is 17.7 Å². The molecule has 0 bridgehead atoms. The first-order valence-corrected chi connectivity index (χ1v) is 13.7. The number of nitrogens with zero attached hydrogens (tertiary/aromatic N) is 1. The number of esters is 1. The molecule has 1 aromatic carbocycles. The van der Waals surface area contributed by atoms with Crippen LogP contribution in [0.5, 0.6) is 0 Å². The average Bonchev–Trinajstić information content (AvgIpc) is 3.44. The van der Waals surface area contributed by atoms with Gasteiger partial charge < -0.3 is 14.6 Å².